The molecule has 0 aliphatic carbocycles. The van der Waals surface area contributed by atoms with E-state index in [4.69, 9.17) is 0 Å². The quantitative estimate of drug-likeness (QED) is 0.370. The van der Waals surface area contributed by atoms with E-state index in [2.05, 4.69) is 10.2 Å². The van der Waals surface area contributed by atoms with E-state index in [0.29, 0.717) is 22.7 Å². The molecular formula is C27H26FN3O2S. The second kappa shape index (κ2) is 11.0. The van der Waals surface area contributed by atoms with Crippen molar-refractivity contribution in [1.82, 2.24) is 5.32 Å². The van der Waals surface area contributed by atoms with E-state index in [1.54, 1.807) is 24.3 Å². The van der Waals surface area contributed by atoms with Crippen molar-refractivity contribution in [3.8, 4) is 0 Å². The van der Waals surface area contributed by atoms with Crippen molar-refractivity contribution in [1.29, 1.82) is 0 Å². The van der Waals surface area contributed by atoms with Gasteiger partial charge in [-0.1, -0.05) is 60.3 Å². The maximum Gasteiger partial charge on any atom is 0.265 e. The van der Waals surface area contributed by atoms with Gasteiger partial charge in [0.15, 0.2) is 0 Å². The van der Waals surface area contributed by atoms with Crippen LogP contribution in [0.5, 0.6) is 0 Å². The molecule has 3 aromatic rings. The molecule has 34 heavy (non-hydrogen) atoms. The van der Waals surface area contributed by atoms with Crippen molar-refractivity contribution in [2.24, 2.45) is 0 Å². The summed E-state index contributed by atoms with van der Waals surface area (Å²) >= 11 is 1.29. The summed E-state index contributed by atoms with van der Waals surface area (Å²) in [5.41, 5.74) is 2.14. The number of nitrogens with one attached hydrogen (secondary N) is 1. The van der Waals surface area contributed by atoms with Gasteiger partial charge in [0.1, 0.15) is 12.4 Å². The summed E-state index contributed by atoms with van der Waals surface area (Å²) in [7, 11) is 2.02. The molecule has 0 unspecified atom stereocenters. The van der Waals surface area contributed by atoms with Gasteiger partial charge in [0.05, 0.1) is 10.6 Å². The van der Waals surface area contributed by atoms with Gasteiger partial charge < -0.3 is 10.2 Å². The molecule has 174 valence electrons. The van der Waals surface area contributed by atoms with Gasteiger partial charge in [0.25, 0.3) is 5.91 Å². The first-order valence-electron chi connectivity index (χ1n) is 11.1. The Morgan fingerprint density at radius 3 is 2.53 bits per heavy atom. The molecule has 1 aliphatic heterocycles. The van der Waals surface area contributed by atoms with Crippen LogP contribution in [0, 0.1) is 5.82 Å². The number of hydrogen-bond donors (Lipinski definition) is 1. The van der Waals surface area contributed by atoms with E-state index >= 15 is 0 Å². The van der Waals surface area contributed by atoms with Crippen molar-refractivity contribution >= 4 is 41.0 Å². The standard InChI is InChI=1S/C27H26FN3O2S/c1-30(21-11-3-2-4-12-21)17-9-16-29-26(32)19-31-23-14-7-8-15-24(23)34-25(27(31)33)18-20-10-5-6-13-22(20)28/h2-8,10-15,18H,9,16-17,19H2,1H3,(H,29,32)/b25-18-. The average Bonchev–Trinajstić information content (AvgIpc) is 2.86. The number of benzene rings is 3. The highest BCUT2D eigenvalue weighted by Gasteiger charge is 2.30. The first-order chi connectivity index (χ1) is 16.5. The molecule has 5 nitrogen and oxygen atoms in total. The number of rotatable bonds is 8. The van der Waals surface area contributed by atoms with Gasteiger partial charge in [-0.25, -0.2) is 4.39 Å². The highest BCUT2D eigenvalue weighted by Crippen LogP contribution is 2.42. The Kier molecular flexibility index (Phi) is 7.65. The number of halogens is 1. The number of carbonyl (C=O) groups is 2. The van der Waals surface area contributed by atoms with E-state index < -0.39 is 5.82 Å². The molecule has 1 N–H and O–H groups in total. The SMILES string of the molecule is CN(CCCNC(=O)CN1C(=O)/C(=C/c2ccccc2F)Sc2ccccc21)c1ccccc1. The first kappa shape index (κ1) is 23.6. The Morgan fingerprint density at radius 1 is 1.03 bits per heavy atom. The summed E-state index contributed by atoms with van der Waals surface area (Å²) in [5, 5.41) is 2.92. The van der Waals surface area contributed by atoms with Crippen LogP contribution in [-0.4, -0.2) is 38.5 Å². The molecule has 0 fully saturated rings. The molecule has 0 radical (unpaired) electrons. The van der Waals surface area contributed by atoms with Crippen LogP contribution in [0.2, 0.25) is 0 Å². The zero-order valence-electron chi connectivity index (χ0n) is 18.9. The number of carbonyl (C=O) groups excluding carboxylic acids is 2. The van der Waals surface area contributed by atoms with Crippen LogP contribution >= 0.6 is 11.8 Å². The lowest BCUT2D eigenvalue weighted by Gasteiger charge is -2.30. The van der Waals surface area contributed by atoms with Gasteiger partial charge in [0, 0.05) is 36.3 Å². The number of nitrogens with zero attached hydrogens (tertiary/aromatic N) is 2. The highest BCUT2D eigenvalue weighted by atomic mass is 32.2. The van der Waals surface area contributed by atoms with Crippen molar-refractivity contribution in [2.45, 2.75) is 11.3 Å². The van der Waals surface area contributed by atoms with Crippen molar-refractivity contribution < 1.29 is 14.0 Å². The molecular weight excluding hydrogens is 449 g/mol. The van der Waals surface area contributed by atoms with Crippen LogP contribution in [0.25, 0.3) is 6.08 Å². The molecule has 1 aliphatic rings. The summed E-state index contributed by atoms with van der Waals surface area (Å²) in [5.74, 6) is -0.944. The third kappa shape index (κ3) is 5.66. The lowest BCUT2D eigenvalue weighted by Crippen LogP contribution is -2.43. The molecule has 0 atom stereocenters. The maximum absolute atomic E-state index is 14.2. The number of fused-ring (bicyclic) bond motifs is 1. The molecule has 7 heteroatoms. The number of hydrogen-bond acceptors (Lipinski definition) is 4. The Labute approximate surface area is 203 Å². The van der Waals surface area contributed by atoms with Crippen LogP contribution < -0.4 is 15.1 Å². The third-order valence-corrected chi connectivity index (χ3v) is 6.59. The van der Waals surface area contributed by atoms with Crippen LogP contribution in [-0.2, 0) is 9.59 Å². The molecule has 0 bridgehead atoms. The maximum atomic E-state index is 14.2. The van der Waals surface area contributed by atoms with Crippen LogP contribution in [0.4, 0.5) is 15.8 Å². The van der Waals surface area contributed by atoms with E-state index in [0.717, 1.165) is 23.5 Å². The topological polar surface area (TPSA) is 52.7 Å². The minimum atomic E-state index is -0.396. The summed E-state index contributed by atoms with van der Waals surface area (Å²) in [4.78, 5) is 30.8. The predicted octanol–water partition coefficient (Wildman–Crippen LogP) is 4.95. The monoisotopic (exact) mass is 475 g/mol. The molecule has 0 spiro atoms. The Morgan fingerprint density at radius 2 is 1.74 bits per heavy atom. The van der Waals surface area contributed by atoms with E-state index in [1.807, 2.05) is 61.6 Å². The zero-order valence-corrected chi connectivity index (χ0v) is 19.7. The highest BCUT2D eigenvalue weighted by molar-refractivity contribution is 8.04. The summed E-state index contributed by atoms with van der Waals surface area (Å²) < 4.78 is 14.2. The second-order valence-corrected chi connectivity index (χ2v) is 9.04. The zero-order chi connectivity index (χ0) is 23.9. The third-order valence-electron chi connectivity index (χ3n) is 5.51. The average molecular weight is 476 g/mol. The van der Waals surface area contributed by atoms with Gasteiger partial charge in [-0.3, -0.25) is 14.5 Å². The van der Waals surface area contributed by atoms with Gasteiger partial charge in [-0.05, 0) is 42.8 Å². The second-order valence-electron chi connectivity index (χ2n) is 7.95. The summed E-state index contributed by atoms with van der Waals surface area (Å²) in [6, 6.07) is 23.8. The van der Waals surface area contributed by atoms with Crippen LogP contribution in [0.3, 0.4) is 0 Å². The fourth-order valence-electron chi connectivity index (χ4n) is 3.71. The van der Waals surface area contributed by atoms with Crippen molar-refractivity contribution in [3.63, 3.8) is 0 Å². The van der Waals surface area contributed by atoms with Gasteiger partial charge >= 0.3 is 0 Å². The normalized spacial score (nSPS) is 14.1. The fraction of sp³-hybridized carbons (Fsp3) is 0.185. The lowest BCUT2D eigenvalue weighted by molar-refractivity contribution is -0.122. The minimum Gasteiger partial charge on any atom is -0.375 e. The Bertz CT molecular complexity index is 1200. The van der Waals surface area contributed by atoms with Crippen molar-refractivity contribution in [3.05, 3.63) is 95.1 Å². The van der Waals surface area contributed by atoms with Gasteiger partial charge in [-0.2, -0.15) is 0 Å². The van der Waals surface area contributed by atoms with E-state index in [1.165, 1.54) is 22.7 Å². The molecule has 0 saturated heterocycles. The predicted molar refractivity (Wildman–Crippen MR) is 136 cm³/mol. The van der Waals surface area contributed by atoms with E-state index in [9.17, 15) is 14.0 Å². The van der Waals surface area contributed by atoms with Crippen LogP contribution in [0.15, 0.2) is 88.7 Å². The van der Waals surface area contributed by atoms with Gasteiger partial charge in [0.2, 0.25) is 5.91 Å². The number of thioether (sulfide) groups is 1. The molecule has 3 aromatic carbocycles. The minimum absolute atomic E-state index is 0.0977. The Hall–Kier alpha value is -3.58. The number of anilines is 2. The first-order valence-corrected chi connectivity index (χ1v) is 11.9. The van der Waals surface area contributed by atoms with E-state index in [-0.39, 0.29) is 18.4 Å². The number of para-hydroxylation sites is 2. The molecule has 1 heterocycles. The smallest absolute Gasteiger partial charge is 0.265 e. The summed E-state index contributed by atoms with van der Waals surface area (Å²) in [6.45, 7) is 1.20. The van der Waals surface area contributed by atoms with Gasteiger partial charge in [-0.15, -0.1) is 0 Å². The molecule has 0 aromatic heterocycles. The largest absolute Gasteiger partial charge is 0.375 e. The molecule has 4 rings (SSSR count). The van der Waals surface area contributed by atoms with Crippen molar-refractivity contribution in [2.75, 3.05) is 36.5 Å². The lowest BCUT2D eigenvalue weighted by atomic mass is 10.2. The molecule has 2 amide bonds. The van der Waals surface area contributed by atoms with Crippen LogP contribution in [0.1, 0.15) is 12.0 Å². The summed E-state index contributed by atoms with van der Waals surface area (Å²) in [6.07, 6.45) is 2.32. The Balaban J connectivity index is 1.40. The number of amides is 2. The fourth-order valence-corrected chi connectivity index (χ4v) is 4.76. The molecule has 0 saturated carbocycles.